The molecule has 2 nitrogen and oxygen atoms in total. The van der Waals surface area contributed by atoms with Gasteiger partial charge in [-0.1, -0.05) is 44.2 Å². The molecule has 0 N–H and O–H groups in total. The van der Waals surface area contributed by atoms with Gasteiger partial charge in [0.05, 0.1) is 87.7 Å². The zero-order valence-corrected chi connectivity index (χ0v) is 51.5. The summed E-state index contributed by atoms with van der Waals surface area (Å²) in [6.07, 6.45) is 36.8. The number of hydrogen-bond acceptors (Lipinski definition) is 2. The number of rotatable bonds is 20. The van der Waals surface area contributed by atoms with Gasteiger partial charge in [0.2, 0.25) is 0 Å². The van der Waals surface area contributed by atoms with Gasteiger partial charge in [0, 0.05) is 11.5 Å². The van der Waals surface area contributed by atoms with Crippen LogP contribution in [-0.2, 0) is 42.1 Å². The first-order chi connectivity index (χ1) is 29.6. The van der Waals surface area contributed by atoms with Crippen molar-refractivity contribution in [3.8, 4) is 23.3 Å². The van der Waals surface area contributed by atoms with E-state index in [1.807, 2.05) is 60.7 Å². The summed E-state index contributed by atoms with van der Waals surface area (Å²) in [5.74, 6) is 6.27. The van der Waals surface area contributed by atoms with Crippen molar-refractivity contribution in [2.75, 3.05) is 87.7 Å². The Hall–Kier alpha value is -0.523. The van der Waals surface area contributed by atoms with Gasteiger partial charge < -0.3 is 22.3 Å². The van der Waals surface area contributed by atoms with Crippen LogP contribution < -0.4 is 9.47 Å². The molecule has 3 rings (SSSR count). The predicted octanol–water partition coefficient (Wildman–Crippen LogP) is 16.2. The molecule has 0 aliphatic carbocycles. The van der Waals surface area contributed by atoms with Crippen LogP contribution in [0.2, 0.25) is 0 Å². The van der Waals surface area contributed by atoms with Crippen LogP contribution in [0.1, 0.15) is 134 Å². The quantitative estimate of drug-likeness (QED) is 0.0638. The van der Waals surface area contributed by atoms with Crippen LogP contribution in [0.25, 0.3) is 0 Å². The fraction of sp³-hybridized carbons (Fsp3) is 0.600. The molecule has 0 aliphatic rings. The summed E-state index contributed by atoms with van der Waals surface area (Å²) in [6, 6.07) is 28.3. The fourth-order valence-corrected chi connectivity index (χ4v) is 11.8. The molecule has 8 heteroatoms. The van der Waals surface area contributed by atoms with Gasteiger partial charge in [0.1, 0.15) is 0 Å². The van der Waals surface area contributed by atoms with Crippen molar-refractivity contribution < 1.29 is 51.6 Å². The van der Waals surface area contributed by atoms with E-state index >= 15 is 0 Å². The summed E-state index contributed by atoms with van der Waals surface area (Å²) in [7, 11) is 2.08. The number of unbranched alkanes of at least 4 members (excludes halogenated alkanes) is 1. The average molecular weight is 1300 g/mol. The summed E-state index contributed by atoms with van der Waals surface area (Å²) < 4.78 is 11.0. The monoisotopic (exact) mass is 1300 g/mol. The van der Waals surface area contributed by atoms with E-state index in [0.717, 1.165) is 12.8 Å². The summed E-state index contributed by atoms with van der Waals surface area (Å²) in [5.41, 5.74) is 1.06. The van der Waals surface area contributed by atoms with Crippen molar-refractivity contribution in [2.45, 2.75) is 123 Å². The molecule has 0 heterocycles. The Balaban J connectivity index is -0.000000162. The third-order valence-corrected chi connectivity index (χ3v) is 22.8. The molecule has 364 valence electrons. The van der Waals surface area contributed by atoms with Crippen molar-refractivity contribution in [2.24, 2.45) is 5.92 Å². The average Bonchev–Trinajstić information content (AvgIpc) is 3.33. The molecular weight excluding hydrogens is 1210 g/mol. The molecule has 0 aliphatic heterocycles. The van der Waals surface area contributed by atoms with E-state index in [2.05, 4.69) is 121 Å². The van der Waals surface area contributed by atoms with Crippen LogP contribution >= 0.6 is 31.7 Å². The first kappa shape index (κ1) is 74.0. The van der Waals surface area contributed by atoms with Crippen molar-refractivity contribution in [1.29, 1.82) is 0 Å². The first-order valence-corrected chi connectivity index (χ1v) is 32.4. The number of benzene rings is 3. The number of hydrogen-bond donors (Lipinski definition) is 0. The van der Waals surface area contributed by atoms with Gasteiger partial charge in [0.25, 0.3) is 0 Å². The minimum Gasteiger partial charge on any atom is -0.516 e. The van der Waals surface area contributed by atoms with E-state index < -0.39 is 0 Å². The van der Waals surface area contributed by atoms with Crippen LogP contribution in [0.3, 0.4) is 0 Å². The third kappa shape index (κ3) is 46.4. The van der Waals surface area contributed by atoms with Gasteiger partial charge in [0.15, 0.2) is 0 Å². The van der Waals surface area contributed by atoms with E-state index in [9.17, 15) is 0 Å². The van der Waals surface area contributed by atoms with Crippen LogP contribution in [0.5, 0.6) is 11.5 Å². The maximum absolute atomic E-state index is 7.37. The van der Waals surface area contributed by atoms with Gasteiger partial charge in [-0.3, -0.25) is 11.8 Å². The second-order valence-electron chi connectivity index (χ2n) is 14.4. The smallest absolute Gasteiger partial charge is 0.516 e. The van der Waals surface area contributed by atoms with Crippen molar-refractivity contribution >= 4 is 31.7 Å². The molecule has 63 heavy (non-hydrogen) atoms. The van der Waals surface area contributed by atoms with E-state index in [4.69, 9.17) is 22.3 Å². The number of ether oxygens (including phenoxy) is 2. The Bertz CT molecular complexity index is 1200. The molecule has 0 amide bonds. The zero-order chi connectivity index (χ0) is 46.9. The molecular formula is C55H96O2P4Pt2+4. The van der Waals surface area contributed by atoms with Crippen molar-refractivity contribution in [3.05, 3.63) is 109 Å². The second kappa shape index (κ2) is 59.5. The van der Waals surface area contributed by atoms with Gasteiger partial charge in [-0.2, -0.15) is 72.8 Å². The Labute approximate surface area is 428 Å². The predicted molar refractivity (Wildman–Crippen MR) is 295 cm³/mol. The molecule has 1 unspecified atom stereocenters. The Kier molecular flexibility index (Phi) is 69.9. The van der Waals surface area contributed by atoms with Gasteiger partial charge in [-0.05, 0) is 127 Å². The Morgan fingerprint density at radius 3 is 0.984 bits per heavy atom. The SMILES string of the molecule is CC[PH+](CC)CC.CC[PH+](CC)CC.CC[PH+](CC)CC.CC[PH+](CC)CC.[C-]#Cc1cc(OCC(CC)CCCC)c(C#[C-])cc1OC.[Pt+2].[Pt+2].[c-]1ccccc1.[c-]1ccccc1. The Morgan fingerprint density at radius 2 is 0.794 bits per heavy atom. The molecule has 0 aromatic heterocycles. The molecule has 0 saturated heterocycles. The summed E-state index contributed by atoms with van der Waals surface area (Å²) in [4.78, 5) is 0. The van der Waals surface area contributed by atoms with Crippen molar-refractivity contribution in [3.63, 3.8) is 0 Å². The zero-order valence-electron chi connectivity index (χ0n) is 43.0. The van der Waals surface area contributed by atoms with Crippen LogP contribution in [0.15, 0.2) is 72.8 Å². The standard InChI is InChI=1S/C19H22O2.4C6H15P.2C6H5.2Pt/c1-6-10-11-15(7-2)14-21-19-13-16(8-3)18(20-5)12-17(19)9-4;4*1-4-7(5-2)6-3;2*1-2-4-6-5-3-1;;/h12-13,15H,6-7,10-11,14H2,1-2,5H3;4*4-6H2,1-3H3;2*1-5H;;/q-2;;;;;2*-1;2*+2/p+4. The van der Waals surface area contributed by atoms with Crippen LogP contribution in [0.4, 0.5) is 0 Å². The maximum atomic E-state index is 7.37. The maximum Gasteiger partial charge on any atom is 2.00 e. The topological polar surface area (TPSA) is 18.5 Å². The minimum atomic E-state index is 0. The molecule has 1 atom stereocenters. The molecule has 0 spiro atoms. The Morgan fingerprint density at radius 1 is 0.492 bits per heavy atom. The first-order valence-electron chi connectivity index (χ1n) is 23.9. The van der Waals surface area contributed by atoms with Gasteiger partial charge in [-0.25, -0.2) is 0 Å². The molecule has 0 radical (unpaired) electrons. The largest absolute Gasteiger partial charge is 2.00 e. The van der Waals surface area contributed by atoms with E-state index in [-0.39, 0.29) is 73.8 Å². The normalized spacial score (nSPS) is 9.86. The second-order valence-corrected chi connectivity index (χ2v) is 28.9. The molecule has 3 aromatic rings. The summed E-state index contributed by atoms with van der Waals surface area (Å²) >= 11 is 0. The van der Waals surface area contributed by atoms with Crippen LogP contribution in [-0.4, -0.2) is 87.7 Å². The van der Waals surface area contributed by atoms with Gasteiger partial charge in [-0.15, -0.1) is 12.1 Å². The van der Waals surface area contributed by atoms with E-state index in [0.29, 0.717) is 35.2 Å². The number of methoxy groups -OCH3 is 1. The molecule has 0 saturated carbocycles. The molecule has 0 bridgehead atoms. The summed E-state index contributed by atoms with van der Waals surface area (Å²) in [5, 5.41) is 0. The van der Waals surface area contributed by atoms with E-state index in [1.165, 1.54) is 93.9 Å². The summed E-state index contributed by atoms with van der Waals surface area (Å²) in [6.45, 7) is 32.7. The minimum absolute atomic E-state index is 0. The van der Waals surface area contributed by atoms with Crippen molar-refractivity contribution in [1.82, 2.24) is 0 Å². The van der Waals surface area contributed by atoms with Gasteiger partial charge >= 0.3 is 42.1 Å². The molecule has 0 fully saturated rings. The van der Waals surface area contributed by atoms with Crippen LogP contribution in [0, 0.1) is 42.7 Å². The molecule has 3 aromatic carbocycles. The fourth-order valence-electron chi connectivity index (χ4n) is 5.83. The van der Waals surface area contributed by atoms with E-state index in [1.54, 1.807) is 12.1 Å². The third-order valence-electron chi connectivity index (χ3n) is 10.8.